The van der Waals surface area contributed by atoms with E-state index in [1.807, 2.05) is 0 Å². The van der Waals surface area contributed by atoms with E-state index in [1.165, 1.54) is 16.9 Å². The van der Waals surface area contributed by atoms with Gasteiger partial charge in [0.15, 0.2) is 0 Å². The summed E-state index contributed by atoms with van der Waals surface area (Å²) in [6, 6.07) is 11.3. The molecule has 0 bridgehead atoms. The van der Waals surface area contributed by atoms with Crippen LogP contribution in [0.2, 0.25) is 0 Å². The lowest BCUT2D eigenvalue weighted by Crippen LogP contribution is -2.27. The number of nitrogens with one attached hydrogen (secondary N) is 2. The molecule has 1 aromatic heterocycles. The van der Waals surface area contributed by atoms with Crippen LogP contribution < -0.4 is 10.6 Å². The molecule has 2 amide bonds. The van der Waals surface area contributed by atoms with Crippen LogP contribution in [-0.2, 0) is 11.0 Å². The highest BCUT2D eigenvalue weighted by Gasteiger charge is 2.31. The van der Waals surface area contributed by atoms with E-state index >= 15 is 0 Å². The van der Waals surface area contributed by atoms with Crippen molar-refractivity contribution < 1.29 is 22.8 Å². The molecular formula is C20H16BrF3N4O2. The van der Waals surface area contributed by atoms with Gasteiger partial charge in [0.25, 0.3) is 5.91 Å². The Balaban J connectivity index is 1.66. The number of carbonyl (C=O) groups is 2. The number of aromatic nitrogens is 2. The molecule has 0 radical (unpaired) electrons. The van der Waals surface area contributed by atoms with Crippen LogP contribution in [0.4, 0.5) is 18.9 Å². The lowest BCUT2D eigenvalue weighted by atomic mass is 10.1. The molecule has 10 heteroatoms. The highest BCUT2D eigenvalue weighted by molar-refractivity contribution is 9.10. The van der Waals surface area contributed by atoms with Crippen LogP contribution in [-0.4, -0.2) is 28.1 Å². The van der Waals surface area contributed by atoms with E-state index in [9.17, 15) is 22.8 Å². The van der Waals surface area contributed by atoms with Crippen molar-refractivity contribution in [1.82, 2.24) is 15.1 Å². The third-order valence-corrected chi connectivity index (χ3v) is 4.62. The summed E-state index contributed by atoms with van der Waals surface area (Å²) in [5.74, 6) is -0.898. The van der Waals surface area contributed by atoms with Crippen LogP contribution in [0.5, 0.6) is 0 Å². The predicted molar refractivity (Wildman–Crippen MR) is 108 cm³/mol. The summed E-state index contributed by atoms with van der Waals surface area (Å²) in [5, 5.41) is 9.07. The Hall–Kier alpha value is -3.14. The van der Waals surface area contributed by atoms with Gasteiger partial charge in [-0.25, -0.2) is 4.68 Å². The van der Waals surface area contributed by atoms with Crippen molar-refractivity contribution in [3.63, 3.8) is 0 Å². The molecule has 3 rings (SSSR count). The molecule has 2 N–H and O–H groups in total. The van der Waals surface area contributed by atoms with Crippen LogP contribution in [0.25, 0.3) is 5.69 Å². The van der Waals surface area contributed by atoms with E-state index in [0.717, 1.165) is 16.6 Å². The van der Waals surface area contributed by atoms with E-state index in [2.05, 4.69) is 31.7 Å². The first-order chi connectivity index (χ1) is 14.2. The van der Waals surface area contributed by atoms with Gasteiger partial charge in [0.1, 0.15) is 0 Å². The molecule has 0 spiro atoms. The largest absolute Gasteiger partial charge is 0.416 e. The molecular weight excluding hydrogens is 465 g/mol. The molecule has 0 saturated carbocycles. The van der Waals surface area contributed by atoms with Gasteiger partial charge in [-0.1, -0.05) is 15.9 Å². The molecule has 30 heavy (non-hydrogen) atoms. The quantitative estimate of drug-likeness (QED) is 0.548. The van der Waals surface area contributed by atoms with Gasteiger partial charge in [-0.2, -0.15) is 18.3 Å². The Labute approximate surface area is 178 Å². The Bertz CT molecular complexity index is 1040. The number of benzene rings is 2. The number of alkyl halides is 3. The maximum absolute atomic E-state index is 13.1. The molecule has 0 unspecified atom stereocenters. The number of halogens is 4. The molecule has 0 atom stereocenters. The van der Waals surface area contributed by atoms with E-state index < -0.39 is 17.6 Å². The molecule has 6 nitrogen and oxygen atoms in total. The van der Waals surface area contributed by atoms with Gasteiger partial charge in [0, 0.05) is 35.4 Å². The smallest absolute Gasteiger partial charge is 0.352 e. The van der Waals surface area contributed by atoms with Crippen LogP contribution >= 0.6 is 15.9 Å². The van der Waals surface area contributed by atoms with Crippen LogP contribution in [0.1, 0.15) is 22.3 Å². The van der Waals surface area contributed by atoms with Crippen molar-refractivity contribution in [3.05, 3.63) is 76.5 Å². The van der Waals surface area contributed by atoms with Gasteiger partial charge in [-0.05, 0) is 48.5 Å². The summed E-state index contributed by atoms with van der Waals surface area (Å²) in [7, 11) is 0. The Morgan fingerprint density at radius 1 is 1.10 bits per heavy atom. The molecule has 156 valence electrons. The second-order valence-electron chi connectivity index (χ2n) is 6.24. The number of rotatable bonds is 6. The number of anilines is 1. The van der Waals surface area contributed by atoms with Gasteiger partial charge < -0.3 is 10.6 Å². The minimum atomic E-state index is -4.55. The average molecular weight is 481 g/mol. The number of nitrogens with zero attached hydrogens (tertiary/aromatic N) is 2. The number of hydrogen-bond acceptors (Lipinski definition) is 3. The van der Waals surface area contributed by atoms with Crippen molar-refractivity contribution in [2.75, 3.05) is 11.9 Å². The minimum absolute atomic E-state index is 0.0246. The highest BCUT2D eigenvalue weighted by Crippen LogP contribution is 2.33. The zero-order chi connectivity index (χ0) is 21.7. The third kappa shape index (κ3) is 5.47. The summed E-state index contributed by atoms with van der Waals surface area (Å²) in [5.41, 5.74) is -0.201. The normalized spacial score (nSPS) is 11.2. The summed E-state index contributed by atoms with van der Waals surface area (Å²) in [4.78, 5) is 24.3. The number of hydrogen-bond donors (Lipinski definition) is 2. The average Bonchev–Trinajstić information content (AvgIpc) is 3.22. The van der Waals surface area contributed by atoms with Crippen LogP contribution in [0.3, 0.4) is 0 Å². The second-order valence-corrected chi connectivity index (χ2v) is 7.16. The van der Waals surface area contributed by atoms with Gasteiger partial charge in [0.05, 0.1) is 16.9 Å². The van der Waals surface area contributed by atoms with Gasteiger partial charge in [-0.3, -0.25) is 9.59 Å². The second kappa shape index (κ2) is 9.12. The van der Waals surface area contributed by atoms with E-state index in [4.69, 9.17) is 0 Å². The third-order valence-electron chi connectivity index (χ3n) is 4.09. The van der Waals surface area contributed by atoms with Crippen molar-refractivity contribution in [3.8, 4) is 5.69 Å². The molecule has 0 aliphatic heterocycles. The Morgan fingerprint density at radius 2 is 1.83 bits per heavy atom. The topological polar surface area (TPSA) is 76.0 Å². The maximum atomic E-state index is 13.1. The van der Waals surface area contributed by atoms with Gasteiger partial charge in [0.2, 0.25) is 5.91 Å². The van der Waals surface area contributed by atoms with Gasteiger partial charge in [-0.15, -0.1) is 0 Å². The fraction of sp³-hybridized carbons (Fsp3) is 0.150. The first kappa shape index (κ1) is 21.6. The van der Waals surface area contributed by atoms with E-state index in [1.54, 1.807) is 36.5 Å². The van der Waals surface area contributed by atoms with Crippen molar-refractivity contribution in [2.45, 2.75) is 12.6 Å². The van der Waals surface area contributed by atoms with Crippen LogP contribution in [0, 0.1) is 0 Å². The van der Waals surface area contributed by atoms with Crippen molar-refractivity contribution >= 4 is 33.4 Å². The standard InChI is InChI=1S/C20H16BrF3N4O2/c21-15-5-2-13(3-6-15)19(30)25-10-8-18(29)27-16-12-14(20(22,23)24)4-7-17(16)28-11-1-9-26-28/h1-7,9,11-12H,8,10H2,(H,25,30)(H,27,29). The molecule has 2 aromatic carbocycles. The van der Waals surface area contributed by atoms with E-state index in [0.29, 0.717) is 11.3 Å². The molecule has 0 saturated heterocycles. The zero-order valence-corrected chi connectivity index (χ0v) is 17.0. The lowest BCUT2D eigenvalue weighted by Gasteiger charge is -2.15. The first-order valence-corrected chi connectivity index (χ1v) is 9.58. The Kier molecular flexibility index (Phi) is 6.56. The fourth-order valence-corrected chi connectivity index (χ4v) is 2.89. The molecule has 0 fully saturated rings. The number of carbonyl (C=O) groups excluding carboxylic acids is 2. The highest BCUT2D eigenvalue weighted by atomic mass is 79.9. The maximum Gasteiger partial charge on any atom is 0.416 e. The van der Waals surface area contributed by atoms with Crippen LogP contribution in [0.15, 0.2) is 65.4 Å². The first-order valence-electron chi connectivity index (χ1n) is 8.79. The zero-order valence-electron chi connectivity index (χ0n) is 15.4. The summed E-state index contributed by atoms with van der Waals surface area (Å²) >= 11 is 3.27. The Morgan fingerprint density at radius 3 is 2.47 bits per heavy atom. The molecule has 0 aliphatic carbocycles. The summed E-state index contributed by atoms with van der Waals surface area (Å²) in [6.45, 7) is 0.0246. The fourth-order valence-electron chi connectivity index (χ4n) is 2.63. The summed E-state index contributed by atoms with van der Waals surface area (Å²) < 4.78 is 41.4. The number of amides is 2. The van der Waals surface area contributed by atoms with Gasteiger partial charge >= 0.3 is 6.18 Å². The molecule has 0 aliphatic rings. The van der Waals surface area contributed by atoms with Crippen molar-refractivity contribution in [1.29, 1.82) is 0 Å². The van der Waals surface area contributed by atoms with Crippen molar-refractivity contribution in [2.24, 2.45) is 0 Å². The lowest BCUT2D eigenvalue weighted by molar-refractivity contribution is -0.137. The SMILES string of the molecule is O=C(CCNC(=O)c1ccc(Br)cc1)Nc1cc(C(F)(F)F)ccc1-n1cccn1. The molecule has 3 aromatic rings. The molecule has 1 heterocycles. The monoisotopic (exact) mass is 480 g/mol. The minimum Gasteiger partial charge on any atom is -0.352 e. The predicted octanol–water partition coefficient (Wildman–Crippen LogP) is 4.41. The summed E-state index contributed by atoms with van der Waals surface area (Å²) in [6.07, 6.45) is -1.64. The van der Waals surface area contributed by atoms with E-state index in [-0.39, 0.29) is 24.6 Å².